The summed E-state index contributed by atoms with van der Waals surface area (Å²) < 4.78 is 0. The number of thiol groups is 1. The number of hydrogen-bond acceptors (Lipinski definition) is 2. The van der Waals surface area contributed by atoms with Gasteiger partial charge in [-0.25, -0.2) is 0 Å². The van der Waals surface area contributed by atoms with Gasteiger partial charge in [-0.15, -0.1) is 12.6 Å². The molecule has 2 aromatic rings. The maximum absolute atomic E-state index is 11.8. The number of hydrogen-bond donors (Lipinski definition) is 2. The van der Waals surface area contributed by atoms with Crippen LogP contribution in [-0.2, 0) is 6.42 Å². The average Bonchev–Trinajstić information content (AvgIpc) is 2.40. The highest BCUT2D eigenvalue weighted by molar-refractivity contribution is 7.80. The topological polar surface area (TPSA) is 29.1 Å². The molecule has 0 aromatic heterocycles. The first-order chi connectivity index (χ1) is 8.75. The zero-order valence-electron chi connectivity index (χ0n) is 9.97. The largest absolute Gasteiger partial charge is 0.352 e. The van der Waals surface area contributed by atoms with Crippen LogP contribution in [0.4, 0.5) is 0 Å². The summed E-state index contributed by atoms with van der Waals surface area (Å²) in [4.78, 5) is 12.7. The highest BCUT2D eigenvalue weighted by Gasteiger charge is 2.03. The monoisotopic (exact) mass is 257 g/mol. The number of carbonyl (C=O) groups is 1. The molecule has 0 saturated heterocycles. The Morgan fingerprint density at radius 3 is 2.33 bits per heavy atom. The van der Waals surface area contributed by atoms with Crippen LogP contribution in [-0.4, -0.2) is 12.5 Å². The van der Waals surface area contributed by atoms with Crippen LogP contribution in [0.25, 0.3) is 0 Å². The Kier molecular flexibility index (Phi) is 4.42. The number of benzene rings is 2. The molecule has 0 aliphatic carbocycles. The third kappa shape index (κ3) is 3.64. The molecule has 0 bridgehead atoms. The van der Waals surface area contributed by atoms with E-state index in [1.165, 1.54) is 5.56 Å². The average molecular weight is 257 g/mol. The van der Waals surface area contributed by atoms with Gasteiger partial charge in [-0.3, -0.25) is 4.79 Å². The lowest BCUT2D eigenvalue weighted by Crippen LogP contribution is -2.25. The lowest BCUT2D eigenvalue weighted by Gasteiger charge is -2.05. The summed E-state index contributed by atoms with van der Waals surface area (Å²) in [7, 11) is 0. The first kappa shape index (κ1) is 12.7. The molecule has 18 heavy (non-hydrogen) atoms. The molecule has 0 radical (unpaired) electrons. The second-order valence-electron chi connectivity index (χ2n) is 4.04. The molecule has 1 amide bonds. The smallest absolute Gasteiger partial charge is 0.251 e. The van der Waals surface area contributed by atoms with E-state index < -0.39 is 0 Å². The number of rotatable bonds is 4. The van der Waals surface area contributed by atoms with Crippen LogP contribution in [0.5, 0.6) is 0 Å². The predicted molar refractivity (Wildman–Crippen MR) is 76.2 cm³/mol. The third-order valence-electron chi connectivity index (χ3n) is 2.67. The summed E-state index contributed by atoms with van der Waals surface area (Å²) in [5.41, 5.74) is 1.89. The minimum atomic E-state index is -0.0423. The highest BCUT2D eigenvalue weighted by Crippen LogP contribution is 2.07. The molecule has 1 N–H and O–H groups in total. The lowest BCUT2D eigenvalue weighted by molar-refractivity contribution is 0.0954. The molecule has 0 atom stereocenters. The Labute approximate surface area is 112 Å². The van der Waals surface area contributed by atoms with Gasteiger partial charge in [0.15, 0.2) is 0 Å². The summed E-state index contributed by atoms with van der Waals surface area (Å²) in [5, 5.41) is 2.90. The van der Waals surface area contributed by atoms with Gasteiger partial charge in [-0.2, -0.15) is 0 Å². The van der Waals surface area contributed by atoms with Gasteiger partial charge in [0, 0.05) is 17.0 Å². The van der Waals surface area contributed by atoms with Gasteiger partial charge in [0.25, 0.3) is 5.91 Å². The first-order valence-corrected chi connectivity index (χ1v) is 6.31. The molecule has 0 aliphatic heterocycles. The van der Waals surface area contributed by atoms with Crippen LogP contribution >= 0.6 is 12.6 Å². The van der Waals surface area contributed by atoms with Crippen LogP contribution in [0.15, 0.2) is 59.5 Å². The molecule has 92 valence electrons. The van der Waals surface area contributed by atoms with Gasteiger partial charge in [0.05, 0.1) is 0 Å². The summed E-state index contributed by atoms with van der Waals surface area (Å²) >= 11 is 4.19. The van der Waals surface area contributed by atoms with Crippen LogP contribution in [0.2, 0.25) is 0 Å². The van der Waals surface area contributed by atoms with E-state index in [4.69, 9.17) is 0 Å². The lowest BCUT2D eigenvalue weighted by atomic mass is 10.1. The van der Waals surface area contributed by atoms with Crippen molar-refractivity contribution in [3.63, 3.8) is 0 Å². The minimum Gasteiger partial charge on any atom is -0.352 e. The number of amides is 1. The van der Waals surface area contributed by atoms with Crippen molar-refractivity contribution in [1.29, 1.82) is 0 Å². The molecule has 3 heteroatoms. The van der Waals surface area contributed by atoms with E-state index in [1.54, 1.807) is 12.1 Å². The Balaban J connectivity index is 1.84. The van der Waals surface area contributed by atoms with Gasteiger partial charge in [0.2, 0.25) is 0 Å². The molecule has 0 spiro atoms. The van der Waals surface area contributed by atoms with Crippen LogP contribution in [0, 0.1) is 0 Å². The quantitative estimate of drug-likeness (QED) is 0.810. The molecular formula is C15H15NOS. The summed E-state index contributed by atoms with van der Waals surface area (Å²) in [6.07, 6.45) is 0.844. The van der Waals surface area contributed by atoms with E-state index in [9.17, 15) is 4.79 Å². The fraction of sp³-hybridized carbons (Fsp3) is 0.133. The molecule has 0 fully saturated rings. The fourth-order valence-corrected chi connectivity index (χ4v) is 1.83. The van der Waals surface area contributed by atoms with E-state index in [0.717, 1.165) is 11.3 Å². The van der Waals surface area contributed by atoms with E-state index in [0.29, 0.717) is 12.1 Å². The maximum atomic E-state index is 11.8. The normalized spacial score (nSPS) is 10.1. The molecule has 2 rings (SSSR count). The van der Waals surface area contributed by atoms with Gasteiger partial charge < -0.3 is 5.32 Å². The summed E-state index contributed by atoms with van der Waals surface area (Å²) in [5.74, 6) is -0.0423. The molecule has 0 heterocycles. The molecule has 2 nitrogen and oxygen atoms in total. The zero-order chi connectivity index (χ0) is 12.8. The second-order valence-corrected chi connectivity index (χ2v) is 4.55. The van der Waals surface area contributed by atoms with Crippen molar-refractivity contribution >= 4 is 18.5 Å². The SMILES string of the molecule is O=C(NCCc1ccccc1)c1ccc(S)cc1. The third-order valence-corrected chi connectivity index (χ3v) is 2.97. The van der Waals surface area contributed by atoms with E-state index >= 15 is 0 Å². The highest BCUT2D eigenvalue weighted by atomic mass is 32.1. The van der Waals surface area contributed by atoms with Crippen molar-refractivity contribution < 1.29 is 4.79 Å². The van der Waals surface area contributed by atoms with Crippen molar-refractivity contribution in [3.8, 4) is 0 Å². The van der Waals surface area contributed by atoms with Crippen molar-refractivity contribution in [2.24, 2.45) is 0 Å². The molecule has 2 aromatic carbocycles. The predicted octanol–water partition coefficient (Wildman–Crippen LogP) is 2.95. The second kappa shape index (κ2) is 6.26. The Hall–Kier alpha value is -1.74. The van der Waals surface area contributed by atoms with Crippen molar-refractivity contribution in [2.45, 2.75) is 11.3 Å². The van der Waals surface area contributed by atoms with Crippen LogP contribution in [0.1, 0.15) is 15.9 Å². The van der Waals surface area contributed by atoms with Crippen LogP contribution < -0.4 is 5.32 Å². The summed E-state index contributed by atoms with van der Waals surface area (Å²) in [6.45, 7) is 0.644. The number of nitrogens with one attached hydrogen (secondary N) is 1. The maximum Gasteiger partial charge on any atom is 0.251 e. The Bertz CT molecular complexity index is 508. The Morgan fingerprint density at radius 2 is 1.67 bits per heavy atom. The van der Waals surface area contributed by atoms with Crippen molar-refractivity contribution in [2.75, 3.05) is 6.54 Å². The van der Waals surface area contributed by atoms with Gasteiger partial charge in [-0.05, 0) is 36.2 Å². The van der Waals surface area contributed by atoms with Crippen LogP contribution in [0.3, 0.4) is 0 Å². The van der Waals surface area contributed by atoms with Gasteiger partial charge in [-0.1, -0.05) is 30.3 Å². The van der Waals surface area contributed by atoms with Gasteiger partial charge in [0.1, 0.15) is 0 Å². The minimum absolute atomic E-state index is 0.0423. The standard InChI is InChI=1S/C15H15NOS/c17-15(13-6-8-14(18)9-7-13)16-11-10-12-4-2-1-3-5-12/h1-9,18H,10-11H2,(H,16,17). The molecule has 0 saturated carbocycles. The van der Waals surface area contributed by atoms with Crippen molar-refractivity contribution in [3.05, 3.63) is 65.7 Å². The number of carbonyl (C=O) groups excluding carboxylic acids is 1. The zero-order valence-corrected chi connectivity index (χ0v) is 10.9. The first-order valence-electron chi connectivity index (χ1n) is 5.87. The Morgan fingerprint density at radius 1 is 1.00 bits per heavy atom. The van der Waals surface area contributed by atoms with E-state index in [-0.39, 0.29) is 5.91 Å². The van der Waals surface area contributed by atoms with E-state index in [2.05, 4.69) is 30.1 Å². The van der Waals surface area contributed by atoms with E-state index in [1.807, 2.05) is 30.3 Å². The molecule has 0 unspecified atom stereocenters. The van der Waals surface area contributed by atoms with Crippen molar-refractivity contribution in [1.82, 2.24) is 5.32 Å². The fourth-order valence-electron chi connectivity index (χ4n) is 1.68. The molecule has 0 aliphatic rings. The van der Waals surface area contributed by atoms with Gasteiger partial charge >= 0.3 is 0 Å². The molecular weight excluding hydrogens is 242 g/mol. The summed E-state index contributed by atoms with van der Waals surface area (Å²) in [6, 6.07) is 17.3.